The fraction of sp³-hybridized carbons (Fsp3) is 0.889. The highest BCUT2D eigenvalue weighted by Crippen LogP contribution is 2.26. The number of piperidine rings is 1. The summed E-state index contributed by atoms with van der Waals surface area (Å²) in [4.78, 5) is 29.4. The summed E-state index contributed by atoms with van der Waals surface area (Å²) in [5.74, 6) is -0.0554. The first-order valence-corrected chi connectivity index (χ1v) is 9.55. The molecule has 1 saturated carbocycles. The number of nitrogens with one attached hydrogen (secondary N) is 1. The molecule has 0 aromatic carbocycles. The zero-order chi connectivity index (χ0) is 18.4. The highest BCUT2D eigenvalue weighted by Gasteiger charge is 2.35. The standard InChI is InChI=1S/C18H34N4O3/c1-4-21(13-17(23)24)16-11-15(12-16)19-18(25)22-9-6-14(7-10-22)5-8-20(2)3/h14-16H,4-13H2,1-3H3,(H,19,25)(H,23,24). The van der Waals surface area contributed by atoms with Gasteiger partial charge in [0.05, 0.1) is 6.54 Å². The molecule has 2 N–H and O–H groups in total. The predicted octanol–water partition coefficient (Wildman–Crippen LogP) is 1.30. The van der Waals surface area contributed by atoms with E-state index in [0.717, 1.165) is 57.8 Å². The number of carbonyl (C=O) groups is 2. The predicted molar refractivity (Wildman–Crippen MR) is 97.7 cm³/mol. The van der Waals surface area contributed by atoms with Gasteiger partial charge in [0.25, 0.3) is 0 Å². The summed E-state index contributed by atoms with van der Waals surface area (Å²) in [5, 5.41) is 12.1. The second-order valence-corrected chi connectivity index (χ2v) is 7.75. The zero-order valence-electron chi connectivity index (χ0n) is 15.9. The Morgan fingerprint density at radius 1 is 1.20 bits per heavy atom. The van der Waals surface area contributed by atoms with Crippen LogP contribution in [0, 0.1) is 5.92 Å². The number of urea groups is 1. The van der Waals surface area contributed by atoms with E-state index in [-0.39, 0.29) is 24.7 Å². The minimum Gasteiger partial charge on any atom is -0.480 e. The smallest absolute Gasteiger partial charge is 0.317 e. The van der Waals surface area contributed by atoms with E-state index in [1.807, 2.05) is 16.7 Å². The molecule has 0 unspecified atom stereocenters. The summed E-state index contributed by atoms with van der Waals surface area (Å²) in [6.07, 6.45) is 5.11. The lowest BCUT2D eigenvalue weighted by Gasteiger charge is -2.43. The number of likely N-dealkylation sites (N-methyl/N-ethyl adjacent to an activating group) is 1. The molecular formula is C18H34N4O3. The van der Waals surface area contributed by atoms with Gasteiger partial charge in [-0.3, -0.25) is 9.69 Å². The fourth-order valence-corrected chi connectivity index (χ4v) is 3.81. The minimum absolute atomic E-state index is 0.0517. The Kier molecular flexibility index (Phi) is 7.50. The lowest BCUT2D eigenvalue weighted by Crippen LogP contribution is -2.57. The molecule has 1 heterocycles. The molecule has 7 nitrogen and oxygen atoms in total. The third-order valence-corrected chi connectivity index (χ3v) is 5.59. The number of amides is 2. The van der Waals surface area contributed by atoms with Crippen molar-refractivity contribution in [3.05, 3.63) is 0 Å². The number of carboxylic acid groups (broad SMARTS) is 1. The van der Waals surface area contributed by atoms with Crippen LogP contribution in [0.25, 0.3) is 0 Å². The van der Waals surface area contributed by atoms with Gasteiger partial charge >= 0.3 is 12.0 Å². The molecule has 1 aliphatic heterocycles. The number of hydrogen-bond acceptors (Lipinski definition) is 4. The molecule has 0 aromatic heterocycles. The Morgan fingerprint density at radius 2 is 1.84 bits per heavy atom. The van der Waals surface area contributed by atoms with E-state index < -0.39 is 5.97 Å². The van der Waals surface area contributed by atoms with E-state index in [9.17, 15) is 9.59 Å². The molecule has 0 bridgehead atoms. The average molecular weight is 354 g/mol. The third kappa shape index (κ3) is 6.15. The van der Waals surface area contributed by atoms with Crippen molar-refractivity contribution < 1.29 is 14.7 Å². The van der Waals surface area contributed by atoms with Crippen molar-refractivity contribution in [3.8, 4) is 0 Å². The van der Waals surface area contributed by atoms with Crippen molar-refractivity contribution in [1.29, 1.82) is 0 Å². The molecule has 0 aromatic rings. The van der Waals surface area contributed by atoms with Gasteiger partial charge in [-0.05, 0) is 65.2 Å². The quantitative estimate of drug-likeness (QED) is 0.687. The average Bonchev–Trinajstić information content (AvgIpc) is 2.54. The molecule has 0 radical (unpaired) electrons. The van der Waals surface area contributed by atoms with Crippen LogP contribution < -0.4 is 5.32 Å². The van der Waals surface area contributed by atoms with Crippen LogP contribution in [0.4, 0.5) is 4.79 Å². The number of rotatable bonds is 8. The molecule has 1 saturated heterocycles. The van der Waals surface area contributed by atoms with Crippen LogP contribution >= 0.6 is 0 Å². The lowest BCUT2D eigenvalue weighted by molar-refractivity contribution is -0.139. The molecule has 1 aliphatic carbocycles. The number of nitrogens with zero attached hydrogens (tertiary/aromatic N) is 3. The monoisotopic (exact) mass is 354 g/mol. The van der Waals surface area contributed by atoms with Gasteiger partial charge in [-0.2, -0.15) is 0 Å². The van der Waals surface area contributed by atoms with Crippen molar-refractivity contribution in [2.45, 2.75) is 51.1 Å². The Bertz CT molecular complexity index is 444. The second-order valence-electron chi connectivity index (χ2n) is 7.75. The molecule has 2 amide bonds. The topological polar surface area (TPSA) is 76.1 Å². The van der Waals surface area contributed by atoms with Crippen LogP contribution in [0.5, 0.6) is 0 Å². The molecule has 144 valence electrons. The summed E-state index contributed by atoms with van der Waals surface area (Å²) in [5.41, 5.74) is 0. The molecular weight excluding hydrogens is 320 g/mol. The lowest BCUT2D eigenvalue weighted by atomic mass is 9.85. The normalized spacial score (nSPS) is 24.4. The van der Waals surface area contributed by atoms with E-state index in [1.165, 1.54) is 6.42 Å². The number of aliphatic carboxylic acids is 1. The Hall–Kier alpha value is -1.34. The van der Waals surface area contributed by atoms with Crippen LogP contribution in [0.1, 0.15) is 39.0 Å². The largest absolute Gasteiger partial charge is 0.480 e. The van der Waals surface area contributed by atoms with E-state index in [0.29, 0.717) is 0 Å². The van der Waals surface area contributed by atoms with E-state index in [2.05, 4.69) is 24.3 Å². The van der Waals surface area contributed by atoms with Crippen molar-refractivity contribution in [3.63, 3.8) is 0 Å². The maximum absolute atomic E-state index is 12.4. The number of carbonyl (C=O) groups excluding carboxylic acids is 1. The summed E-state index contributed by atoms with van der Waals surface area (Å²) in [7, 11) is 4.20. The Balaban J connectivity index is 1.65. The summed E-state index contributed by atoms with van der Waals surface area (Å²) in [6, 6.07) is 0.519. The molecule has 7 heteroatoms. The maximum Gasteiger partial charge on any atom is 0.317 e. The van der Waals surface area contributed by atoms with E-state index in [4.69, 9.17) is 5.11 Å². The maximum atomic E-state index is 12.4. The number of hydrogen-bond donors (Lipinski definition) is 2. The SMILES string of the molecule is CCN(CC(=O)O)C1CC(NC(=O)N2CCC(CCN(C)C)CC2)C1. The first-order chi connectivity index (χ1) is 11.9. The van der Waals surface area contributed by atoms with Gasteiger partial charge < -0.3 is 20.2 Å². The van der Waals surface area contributed by atoms with Crippen molar-refractivity contribution in [1.82, 2.24) is 20.0 Å². The van der Waals surface area contributed by atoms with Crippen molar-refractivity contribution in [2.75, 3.05) is 46.8 Å². The minimum atomic E-state index is -0.786. The number of likely N-dealkylation sites (tertiary alicyclic amines) is 1. The Morgan fingerprint density at radius 3 is 2.36 bits per heavy atom. The van der Waals surface area contributed by atoms with Gasteiger partial charge in [-0.1, -0.05) is 6.92 Å². The summed E-state index contributed by atoms with van der Waals surface area (Å²) < 4.78 is 0. The van der Waals surface area contributed by atoms with Gasteiger partial charge in [-0.15, -0.1) is 0 Å². The first-order valence-electron chi connectivity index (χ1n) is 9.55. The molecule has 0 atom stereocenters. The highest BCUT2D eigenvalue weighted by atomic mass is 16.4. The molecule has 2 aliphatic rings. The Labute approximate surface area is 151 Å². The van der Waals surface area contributed by atoms with Gasteiger partial charge in [0.1, 0.15) is 0 Å². The summed E-state index contributed by atoms with van der Waals surface area (Å²) >= 11 is 0. The molecule has 2 fully saturated rings. The first kappa shape index (κ1) is 20.0. The van der Waals surface area contributed by atoms with Crippen molar-refractivity contribution >= 4 is 12.0 Å². The highest BCUT2D eigenvalue weighted by molar-refractivity contribution is 5.74. The van der Waals surface area contributed by atoms with Crippen LogP contribution in [0.3, 0.4) is 0 Å². The van der Waals surface area contributed by atoms with Crippen molar-refractivity contribution in [2.24, 2.45) is 5.92 Å². The van der Waals surface area contributed by atoms with E-state index >= 15 is 0 Å². The summed E-state index contributed by atoms with van der Waals surface area (Å²) in [6.45, 7) is 5.61. The third-order valence-electron chi connectivity index (χ3n) is 5.59. The van der Waals surface area contributed by atoms with Crippen LogP contribution in [0.2, 0.25) is 0 Å². The van der Waals surface area contributed by atoms with E-state index in [1.54, 1.807) is 0 Å². The van der Waals surface area contributed by atoms with Gasteiger partial charge in [0.15, 0.2) is 0 Å². The number of carboxylic acids is 1. The zero-order valence-corrected chi connectivity index (χ0v) is 15.9. The van der Waals surface area contributed by atoms with Gasteiger partial charge in [0.2, 0.25) is 0 Å². The van der Waals surface area contributed by atoms with Gasteiger partial charge in [-0.25, -0.2) is 4.79 Å². The van der Waals surface area contributed by atoms with Crippen LogP contribution in [-0.2, 0) is 4.79 Å². The second kappa shape index (κ2) is 9.38. The van der Waals surface area contributed by atoms with Crippen LogP contribution in [-0.4, -0.2) is 90.7 Å². The van der Waals surface area contributed by atoms with Gasteiger partial charge in [0, 0.05) is 25.2 Å². The fourth-order valence-electron chi connectivity index (χ4n) is 3.81. The van der Waals surface area contributed by atoms with Crippen LogP contribution in [0.15, 0.2) is 0 Å². The molecule has 0 spiro atoms. The molecule has 25 heavy (non-hydrogen) atoms. The molecule has 2 rings (SSSR count).